The van der Waals surface area contributed by atoms with Gasteiger partial charge in [-0.2, -0.15) is 0 Å². The zero-order valence-electron chi connectivity index (χ0n) is 6.11. The molecule has 0 aliphatic carbocycles. The lowest BCUT2D eigenvalue weighted by Crippen LogP contribution is -1.77. The van der Waals surface area contributed by atoms with Crippen LogP contribution in [0.2, 0.25) is 0 Å². The molecule has 1 aromatic rings. The van der Waals surface area contributed by atoms with Crippen molar-refractivity contribution in [1.82, 2.24) is 4.98 Å². The molecular formula is C8H7Cl2NO. The highest BCUT2D eigenvalue weighted by Gasteiger charge is 1.86. The summed E-state index contributed by atoms with van der Waals surface area (Å²) in [4.78, 5) is 14.1. The molecule has 0 amide bonds. The van der Waals surface area contributed by atoms with E-state index >= 15 is 0 Å². The van der Waals surface area contributed by atoms with Gasteiger partial charge in [-0.3, -0.25) is 9.78 Å². The van der Waals surface area contributed by atoms with Gasteiger partial charge in [0.2, 0.25) is 5.24 Å². The number of rotatable bonds is 2. The SMILES string of the molecule is Cl.O=C(Cl)/C=C/c1cccnc1. The Hall–Kier alpha value is -0.860. The summed E-state index contributed by atoms with van der Waals surface area (Å²) in [6.45, 7) is 0. The van der Waals surface area contributed by atoms with Gasteiger partial charge >= 0.3 is 0 Å². The lowest BCUT2D eigenvalue weighted by atomic mass is 10.3. The van der Waals surface area contributed by atoms with Crippen molar-refractivity contribution in [1.29, 1.82) is 0 Å². The molecule has 2 nitrogen and oxygen atoms in total. The topological polar surface area (TPSA) is 30.0 Å². The Morgan fingerprint density at radius 1 is 1.58 bits per heavy atom. The zero-order chi connectivity index (χ0) is 8.10. The monoisotopic (exact) mass is 203 g/mol. The van der Waals surface area contributed by atoms with E-state index in [-0.39, 0.29) is 12.4 Å². The van der Waals surface area contributed by atoms with Crippen molar-refractivity contribution < 1.29 is 4.79 Å². The van der Waals surface area contributed by atoms with Crippen molar-refractivity contribution in [3.05, 3.63) is 36.2 Å². The number of carbonyl (C=O) groups is 1. The van der Waals surface area contributed by atoms with Crippen molar-refractivity contribution in [3.63, 3.8) is 0 Å². The molecule has 1 rings (SSSR count). The Morgan fingerprint density at radius 3 is 2.83 bits per heavy atom. The van der Waals surface area contributed by atoms with E-state index in [0.29, 0.717) is 0 Å². The summed E-state index contributed by atoms with van der Waals surface area (Å²) in [5, 5.41) is -0.478. The number of allylic oxidation sites excluding steroid dienone is 1. The van der Waals surface area contributed by atoms with Crippen molar-refractivity contribution in [3.8, 4) is 0 Å². The minimum absolute atomic E-state index is 0. The third kappa shape index (κ3) is 4.11. The first-order chi connectivity index (χ1) is 5.29. The molecule has 0 spiro atoms. The lowest BCUT2D eigenvalue weighted by molar-refractivity contribution is -0.107. The van der Waals surface area contributed by atoms with Gasteiger partial charge in [-0.15, -0.1) is 12.4 Å². The number of pyridine rings is 1. The van der Waals surface area contributed by atoms with E-state index in [1.807, 2.05) is 6.07 Å². The smallest absolute Gasteiger partial charge is 0.245 e. The second kappa shape index (κ2) is 5.75. The van der Waals surface area contributed by atoms with Crippen LogP contribution in [0.4, 0.5) is 0 Å². The summed E-state index contributed by atoms with van der Waals surface area (Å²) in [6, 6.07) is 3.63. The van der Waals surface area contributed by atoms with Crippen LogP contribution in [0.1, 0.15) is 5.56 Å². The van der Waals surface area contributed by atoms with Crippen LogP contribution < -0.4 is 0 Å². The van der Waals surface area contributed by atoms with E-state index in [4.69, 9.17) is 11.6 Å². The Bertz CT molecular complexity index is 272. The van der Waals surface area contributed by atoms with Crippen LogP contribution in [-0.4, -0.2) is 10.2 Å². The first kappa shape index (κ1) is 11.1. The second-order valence-corrected chi connectivity index (χ2v) is 2.30. The second-order valence-electron chi connectivity index (χ2n) is 1.92. The summed E-state index contributed by atoms with van der Waals surface area (Å²) in [6.07, 6.45) is 6.22. The van der Waals surface area contributed by atoms with E-state index in [0.717, 1.165) is 5.56 Å². The summed E-state index contributed by atoms with van der Waals surface area (Å²) in [5.74, 6) is 0. The van der Waals surface area contributed by atoms with Gasteiger partial charge in [-0.05, 0) is 35.4 Å². The average Bonchev–Trinajstić information content (AvgIpc) is 2.03. The molecular weight excluding hydrogens is 197 g/mol. The minimum atomic E-state index is -0.478. The van der Waals surface area contributed by atoms with Crippen LogP contribution >= 0.6 is 24.0 Å². The first-order valence-electron chi connectivity index (χ1n) is 3.06. The standard InChI is InChI=1S/C8H6ClNO.ClH/c9-8(11)4-3-7-2-1-5-10-6-7;/h1-6H;1H/b4-3+;. The van der Waals surface area contributed by atoms with E-state index in [9.17, 15) is 4.79 Å². The molecule has 0 bridgehead atoms. The molecule has 0 aromatic carbocycles. The maximum Gasteiger partial charge on any atom is 0.245 e. The number of hydrogen-bond acceptors (Lipinski definition) is 2. The molecule has 0 aliphatic rings. The maximum atomic E-state index is 10.3. The van der Waals surface area contributed by atoms with Gasteiger partial charge in [0, 0.05) is 12.4 Å². The van der Waals surface area contributed by atoms with E-state index in [1.54, 1.807) is 24.5 Å². The fourth-order valence-electron chi connectivity index (χ4n) is 0.636. The predicted octanol–water partition coefficient (Wildman–Crippen LogP) is 2.28. The minimum Gasteiger partial charge on any atom is -0.276 e. The number of aromatic nitrogens is 1. The van der Waals surface area contributed by atoms with Crippen LogP contribution in [-0.2, 0) is 4.79 Å². The van der Waals surface area contributed by atoms with Gasteiger partial charge in [0.05, 0.1) is 0 Å². The van der Waals surface area contributed by atoms with E-state index in [1.165, 1.54) is 6.08 Å². The lowest BCUT2D eigenvalue weighted by Gasteiger charge is -1.87. The Labute approximate surface area is 81.7 Å². The Balaban J connectivity index is 0.00000121. The van der Waals surface area contributed by atoms with Gasteiger partial charge in [0.15, 0.2) is 0 Å². The number of hydrogen-bond donors (Lipinski definition) is 0. The van der Waals surface area contributed by atoms with Gasteiger partial charge in [-0.1, -0.05) is 6.07 Å². The van der Waals surface area contributed by atoms with Gasteiger partial charge < -0.3 is 0 Å². The van der Waals surface area contributed by atoms with Gasteiger partial charge in [0.25, 0.3) is 0 Å². The molecule has 0 atom stereocenters. The fourth-order valence-corrected chi connectivity index (χ4v) is 0.699. The van der Waals surface area contributed by atoms with Crippen LogP contribution in [0, 0.1) is 0 Å². The number of nitrogens with zero attached hydrogens (tertiary/aromatic N) is 1. The third-order valence-corrected chi connectivity index (χ3v) is 1.22. The van der Waals surface area contributed by atoms with Crippen molar-refractivity contribution in [2.45, 2.75) is 0 Å². The summed E-state index contributed by atoms with van der Waals surface area (Å²) < 4.78 is 0. The predicted molar refractivity (Wildman–Crippen MR) is 51.4 cm³/mol. The van der Waals surface area contributed by atoms with Gasteiger partial charge in [-0.25, -0.2) is 0 Å². The summed E-state index contributed by atoms with van der Waals surface area (Å²) in [5.41, 5.74) is 0.863. The van der Waals surface area contributed by atoms with Crippen LogP contribution in [0.5, 0.6) is 0 Å². The molecule has 0 saturated heterocycles. The molecule has 12 heavy (non-hydrogen) atoms. The summed E-state index contributed by atoms with van der Waals surface area (Å²) in [7, 11) is 0. The molecule has 0 N–H and O–H groups in total. The Kier molecular flexibility index (Phi) is 5.34. The molecule has 0 radical (unpaired) electrons. The van der Waals surface area contributed by atoms with E-state index < -0.39 is 5.24 Å². The average molecular weight is 204 g/mol. The number of carbonyl (C=O) groups excluding carboxylic acids is 1. The molecule has 0 fully saturated rings. The summed E-state index contributed by atoms with van der Waals surface area (Å²) >= 11 is 5.08. The quantitative estimate of drug-likeness (QED) is 0.546. The zero-order valence-corrected chi connectivity index (χ0v) is 7.68. The van der Waals surface area contributed by atoms with Gasteiger partial charge in [0.1, 0.15) is 0 Å². The first-order valence-corrected chi connectivity index (χ1v) is 3.44. The molecule has 1 heterocycles. The highest BCUT2D eigenvalue weighted by atomic mass is 35.5. The van der Waals surface area contributed by atoms with Crippen LogP contribution in [0.15, 0.2) is 30.6 Å². The number of halogens is 2. The molecule has 1 aromatic heterocycles. The van der Waals surface area contributed by atoms with Crippen molar-refractivity contribution in [2.24, 2.45) is 0 Å². The van der Waals surface area contributed by atoms with Crippen molar-refractivity contribution in [2.75, 3.05) is 0 Å². The fraction of sp³-hybridized carbons (Fsp3) is 0. The largest absolute Gasteiger partial charge is 0.276 e. The highest BCUT2D eigenvalue weighted by Crippen LogP contribution is 1.98. The van der Waals surface area contributed by atoms with Crippen LogP contribution in [0.25, 0.3) is 6.08 Å². The molecule has 64 valence electrons. The van der Waals surface area contributed by atoms with Crippen LogP contribution in [0.3, 0.4) is 0 Å². The normalized spacial score (nSPS) is 9.42. The maximum absolute atomic E-state index is 10.3. The molecule has 0 saturated carbocycles. The van der Waals surface area contributed by atoms with Crippen molar-refractivity contribution >= 4 is 35.3 Å². The molecule has 4 heteroatoms. The molecule has 0 unspecified atom stereocenters. The highest BCUT2D eigenvalue weighted by molar-refractivity contribution is 6.66. The van der Waals surface area contributed by atoms with E-state index in [2.05, 4.69) is 4.98 Å². The Morgan fingerprint density at radius 2 is 2.33 bits per heavy atom. The molecule has 0 aliphatic heterocycles. The third-order valence-electron chi connectivity index (χ3n) is 1.09.